The van der Waals surface area contributed by atoms with Gasteiger partial charge in [-0.05, 0) is 49.4 Å². The summed E-state index contributed by atoms with van der Waals surface area (Å²) in [6, 6.07) is 16.1. The van der Waals surface area contributed by atoms with E-state index in [2.05, 4.69) is 18.2 Å². The van der Waals surface area contributed by atoms with Crippen LogP contribution in [-0.2, 0) is 17.8 Å². The number of fused-ring (bicyclic) bond motifs is 1. The van der Waals surface area contributed by atoms with Crippen LogP contribution in [0, 0.1) is 12.8 Å². The molecule has 0 spiro atoms. The Hall–Kier alpha value is -2.62. The zero-order chi connectivity index (χ0) is 18.8. The topological polar surface area (TPSA) is 40.6 Å². The molecule has 2 aliphatic heterocycles. The summed E-state index contributed by atoms with van der Waals surface area (Å²) in [7, 11) is 0. The second-order valence-corrected chi connectivity index (χ2v) is 7.71. The molecule has 2 aromatic rings. The fourth-order valence-corrected chi connectivity index (χ4v) is 4.23. The van der Waals surface area contributed by atoms with Gasteiger partial charge in [0, 0.05) is 37.7 Å². The minimum atomic E-state index is 0.0387. The molecule has 4 rings (SSSR count). The number of rotatable bonds is 2. The molecule has 0 atom stereocenters. The maximum Gasteiger partial charge on any atom is 0.253 e. The number of likely N-dealkylation sites (tertiary alicyclic amines) is 1. The lowest BCUT2D eigenvalue weighted by atomic mass is 9.92. The molecule has 4 heteroatoms. The number of piperidine rings is 1. The van der Waals surface area contributed by atoms with Gasteiger partial charge < -0.3 is 9.80 Å². The van der Waals surface area contributed by atoms with Gasteiger partial charge in [0.05, 0.1) is 0 Å². The maximum absolute atomic E-state index is 13.0. The van der Waals surface area contributed by atoms with Gasteiger partial charge in [-0.3, -0.25) is 9.59 Å². The molecule has 2 aliphatic rings. The average Bonchev–Trinajstić information content (AvgIpc) is 2.72. The van der Waals surface area contributed by atoms with Gasteiger partial charge in [-0.25, -0.2) is 0 Å². The summed E-state index contributed by atoms with van der Waals surface area (Å²) in [5.74, 6) is 0.375. The molecule has 0 radical (unpaired) electrons. The van der Waals surface area contributed by atoms with Crippen molar-refractivity contribution in [2.24, 2.45) is 5.92 Å². The highest BCUT2D eigenvalue weighted by molar-refractivity contribution is 5.94. The van der Waals surface area contributed by atoms with Crippen LogP contribution in [0.2, 0.25) is 0 Å². The third-order valence-corrected chi connectivity index (χ3v) is 5.84. The largest absolute Gasteiger partial charge is 0.339 e. The normalized spacial score (nSPS) is 17.5. The standard InChI is InChI=1S/C23H26N2O2/c1-17-5-4-8-20(15-17)23(27)24-12-10-19(11-13-24)22(26)25-14-9-18-6-2-3-7-21(18)16-25/h2-8,15,19H,9-14,16H2,1H3. The first kappa shape index (κ1) is 17.8. The van der Waals surface area contributed by atoms with Crippen molar-refractivity contribution in [3.63, 3.8) is 0 Å². The van der Waals surface area contributed by atoms with Gasteiger partial charge in [0.15, 0.2) is 0 Å². The van der Waals surface area contributed by atoms with Crippen LogP contribution in [0.25, 0.3) is 0 Å². The van der Waals surface area contributed by atoms with Crippen molar-refractivity contribution >= 4 is 11.8 Å². The van der Waals surface area contributed by atoms with E-state index in [0.29, 0.717) is 13.1 Å². The van der Waals surface area contributed by atoms with Crippen LogP contribution in [0.4, 0.5) is 0 Å². The summed E-state index contributed by atoms with van der Waals surface area (Å²) in [6.07, 6.45) is 2.45. The quantitative estimate of drug-likeness (QED) is 0.821. The van der Waals surface area contributed by atoms with Gasteiger partial charge in [-0.1, -0.05) is 42.0 Å². The molecule has 0 bridgehead atoms. The highest BCUT2D eigenvalue weighted by Crippen LogP contribution is 2.25. The van der Waals surface area contributed by atoms with Crippen LogP contribution in [0.3, 0.4) is 0 Å². The number of benzene rings is 2. The van der Waals surface area contributed by atoms with Crippen molar-refractivity contribution in [2.45, 2.75) is 32.7 Å². The molecule has 1 saturated heterocycles. The number of carbonyl (C=O) groups excluding carboxylic acids is 2. The van der Waals surface area contributed by atoms with Crippen molar-refractivity contribution in [3.8, 4) is 0 Å². The minimum Gasteiger partial charge on any atom is -0.339 e. The van der Waals surface area contributed by atoms with E-state index in [1.807, 2.05) is 47.1 Å². The van der Waals surface area contributed by atoms with Crippen LogP contribution < -0.4 is 0 Å². The molecule has 4 nitrogen and oxygen atoms in total. The monoisotopic (exact) mass is 362 g/mol. The van der Waals surface area contributed by atoms with Crippen LogP contribution in [0.1, 0.15) is 39.9 Å². The number of hydrogen-bond donors (Lipinski definition) is 0. The van der Waals surface area contributed by atoms with E-state index in [4.69, 9.17) is 0 Å². The molecule has 27 heavy (non-hydrogen) atoms. The Labute approximate surface area is 160 Å². The van der Waals surface area contributed by atoms with E-state index in [-0.39, 0.29) is 17.7 Å². The van der Waals surface area contributed by atoms with Gasteiger partial charge >= 0.3 is 0 Å². The van der Waals surface area contributed by atoms with E-state index in [1.54, 1.807) is 0 Å². The number of aryl methyl sites for hydroxylation is 1. The van der Waals surface area contributed by atoms with Crippen LogP contribution >= 0.6 is 0 Å². The summed E-state index contributed by atoms with van der Waals surface area (Å²) in [4.78, 5) is 29.6. The molecule has 1 fully saturated rings. The molecular weight excluding hydrogens is 336 g/mol. The summed E-state index contributed by atoms with van der Waals surface area (Å²) in [6.45, 7) is 4.84. The second kappa shape index (κ2) is 7.55. The van der Waals surface area contributed by atoms with Crippen molar-refractivity contribution in [1.29, 1.82) is 0 Å². The molecule has 0 saturated carbocycles. The smallest absolute Gasteiger partial charge is 0.253 e. The summed E-state index contributed by atoms with van der Waals surface area (Å²) < 4.78 is 0. The van der Waals surface area contributed by atoms with E-state index >= 15 is 0 Å². The first-order chi connectivity index (χ1) is 13.1. The van der Waals surface area contributed by atoms with E-state index < -0.39 is 0 Å². The molecular formula is C23H26N2O2. The van der Waals surface area contributed by atoms with Gasteiger partial charge in [0.2, 0.25) is 5.91 Å². The number of hydrogen-bond acceptors (Lipinski definition) is 2. The van der Waals surface area contributed by atoms with Crippen molar-refractivity contribution in [3.05, 3.63) is 70.8 Å². The predicted octanol–water partition coefficient (Wildman–Crippen LogP) is 3.43. The van der Waals surface area contributed by atoms with Crippen molar-refractivity contribution in [2.75, 3.05) is 19.6 Å². The molecule has 0 aromatic heterocycles. The Morgan fingerprint density at radius 2 is 1.63 bits per heavy atom. The Bertz CT molecular complexity index is 853. The van der Waals surface area contributed by atoms with Crippen LogP contribution in [0.15, 0.2) is 48.5 Å². The highest BCUT2D eigenvalue weighted by Gasteiger charge is 2.31. The lowest BCUT2D eigenvalue weighted by Gasteiger charge is -2.36. The van der Waals surface area contributed by atoms with E-state index in [1.165, 1.54) is 11.1 Å². The number of amides is 2. The predicted molar refractivity (Wildman–Crippen MR) is 105 cm³/mol. The third kappa shape index (κ3) is 3.75. The molecule has 2 aromatic carbocycles. The Kier molecular flexibility index (Phi) is 4.97. The third-order valence-electron chi connectivity index (χ3n) is 5.84. The zero-order valence-corrected chi connectivity index (χ0v) is 15.9. The highest BCUT2D eigenvalue weighted by atomic mass is 16.2. The summed E-state index contributed by atoms with van der Waals surface area (Å²) in [5.41, 5.74) is 4.47. The molecule has 0 unspecified atom stereocenters. The molecule has 0 N–H and O–H groups in total. The fourth-order valence-electron chi connectivity index (χ4n) is 4.23. The maximum atomic E-state index is 13.0. The summed E-state index contributed by atoms with van der Waals surface area (Å²) >= 11 is 0. The lowest BCUT2D eigenvalue weighted by molar-refractivity contribution is -0.137. The second-order valence-electron chi connectivity index (χ2n) is 7.71. The van der Waals surface area contributed by atoms with Gasteiger partial charge in [-0.2, -0.15) is 0 Å². The van der Waals surface area contributed by atoms with Gasteiger partial charge in [-0.15, -0.1) is 0 Å². The first-order valence-corrected chi connectivity index (χ1v) is 9.83. The molecule has 140 valence electrons. The van der Waals surface area contributed by atoms with Gasteiger partial charge in [0.1, 0.15) is 0 Å². The lowest BCUT2D eigenvalue weighted by Crippen LogP contribution is -2.45. The summed E-state index contributed by atoms with van der Waals surface area (Å²) in [5, 5.41) is 0. The van der Waals surface area contributed by atoms with Crippen LogP contribution in [0.5, 0.6) is 0 Å². The van der Waals surface area contributed by atoms with E-state index in [0.717, 1.165) is 43.5 Å². The first-order valence-electron chi connectivity index (χ1n) is 9.83. The fraction of sp³-hybridized carbons (Fsp3) is 0.391. The van der Waals surface area contributed by atoms with E-state index in [9.17, 15) is 9.59 Å². The Balaban J connectivity index is 1.35. The van der Waals surface area contributed by atoms with Gasteiger partial charge in [0.25, 0.3) is 5.91 Å². The number of carbonyl (C=O) groups is 2. The zero-order valence-electron chi connectivity index (χ0n) is 15.9. The average molecular weight is 362 g/mol. The Morgan fingerprint density at radius 1 is 0.889 bits per heavy atom. The SMILES string of the molecule is Cc1cccc(C(=O)N2CCC(C(=O)N3CCc4ccccc4C3)CC2)c1. The molecule has 0 aliphatic carbocycles. The van der Waals surface area contributed by atoms with Crippen LogP contribution in [-0.4, -0.2) is 41.2 Å². The van der Waals surface area contributed by atoms with Crippen molar-refractivity contribution < 1.29 is 9.59 Å². The van der Waals surface area contributed by atoms with Crippen molar-refractivity contribution in [1.82, 2.24) is 9.80 Å². The minimum absolute atomic E-state index is 0.0387. The molecule has 2 heterocycles. The number of nitrogens with zero attached hydrogens (tertiary/aromatic N) is 2. The Morgan fingerprint density at radius 3 is 2.37 bits per heavy atom. The molecule has 2 amide bonds.